The molecule has 1 aliphatic heterocycles. The van der Waals surface area contributed by atoms with Gasteiger partial charge in [0, 0.05) is 66.2 Å². The third-order valence-corrected chi connectivity index (χ3v) is 15.0. The Labute approximate surface area is 264 Å². The van der Waals surface area contributed by atoms with Crippen molar-refractivity contribution in [3.05, 3.63) is 59.0 Å². The van der Waals surface area contributed by atoms with E-state index >= 15 is 0 Å². The zero-order valence-electron chi connectivity index (χ0n) is 26.3. The van der Waals surface area contributed by atoms with Crippen LogP contribution in [0.2, 0.25) is 0 Å². The molecule has 1 unspecified atom stereocenters. The lowest BCUT2D eigenvalue weighted by Gasteiger charge is -2.71. The number of hydrogen-bond acceptors (Lipinski definition) is 6. The Morgan fingerprint density at radius 2 is 1.66 bits per heavy atom. The number of allylic oxidation sites excluding steroid dienone is 4. The number of carbonyl (C=O) groups excluding carboxylic acids is 2. The molecule has 4 fully saturated rings. The zero-order valence-corrected chi connectivity index (χ0v) is 27.2. The van der Waals surface area contributed by atoms with Crippen molar-refractivity contribution in [3.63, 3.8) is 0 Å². The SMILES string of the molecule is CC(=O)N1CCN(C[C@]2(O)CC[C@H]3[C@]45C=C[C@@]6(C=C4C(=O)c4cc7ccccc7s4)CC(O)CC[C@]6(C)[C@H]5CC[C@@]32C)CC1. The van der Waals surface area contributed by atoms with Gasteiger partial charge in [0.1, 0.15) is 0 Å². The predicted octanol–water partition coefficient (Wildman–Crippen LogP) is 5.84. The quantitative estimate of drug-likeness (QED) is 0.334. The highest BCUT2D eigenvalue weighted by Crippen LogP contribution is 2.78. The number of thiophene rings is 1. The first-order valence-corrected chi connectivity index (χ1v) is 17.6. The second-order valence-electron chi connectivity index (χ2n) is 15.6. The lowest BCUT2D eigenvalue weighted by Crippen LogP contribution is -2.67. The first-order valence-electron chi connectivity index (χ1n) is 16.8. The Morgan fingerprint density at radius 1 is 0.955 bits per heavy atom. The minimum absolute atomic E-state index is 0.0318. The molecule has 2 aromatic rings. The summed E-state index contributed by atoms with van der Waals surface area (Å²) in [6.07, 6.45) is 12.8. The standard InChI is InChI=1S/C37H46N2O4S/c1-24(40)39-18-16-38(17-19-39)23-36(43)13-10-31-34(36,3)12-9-30-33(2)11-8-26(41)21-35(33)14-15-37(30,31)27(22-35)32(42)29-20-25-6-4-5-7-28(25)44-29/h4-7,14-15,20,22,26,30-31,41,43H,8-13,16-19,21,23H2,1-3H3/t26?,30-,31-,33-,34+,35+,36-,37-/m1/s1. The summed E-state index contributed by atoms with van der Waals surface area (Å²) in [5.74, 6) is 0.713. The van der Waals surface area contributed by atoms with Crippen LogP contribution < -0.4 is 0 Å². The summed E-state index contributed by atoms with van der Waals surface area (Å²) >= 11 is 1.59. The Kier molecular flexibility index (Phi) is 6.35. The number of piperazine rings is 1. The monoisotopic (exact) mass is 614 g/mol. The first kappa shape index (κ1) is 29.1. The van der Waals surface area contributed by atoms with Crippen LogP contribution in [0.15, 0.2) is 54.1 Å². The van der Waals surface area contributed by atoms with Crippen molar-refractivity contribution in [1.82, 2.24) is 9.80 Å². The average molecular weight is 615 g/mol. The third-order valence-electron chi connectivity index (χ3n) is 13.9. The number of aliphatic hydroxyl groups excluding tert-OH is 1. The molecule has 2 N–H and O–H groups in total. The Hall–Kier alpha value is -2.32. The van der Waals surface area contributed by atoms with E-state index in [9.17, 15) is 19.8 Å². The molecule has 7 heteroatoms. The number of rotatable bonds is 4. The summed E-state index contributed by atoms with van der Waals surface area (Å²) in [6.45, 7) is 10.0. The maximum absolute atomic E-state index is 14.9. The largest absolute Gasteiger partial charge is 0.393 e. The first-order chi connectivity index (χ1) is 20.9. The second kappa shape index (κ2) is 9.60. The summed E-state index contributed by atoms with van der Waals surface area (Å²) in [7, 11) is 0. The molecule has 1 saturated heterocycles. The molecule has 2 heterocycles. The lowest BCUT2D eigenvalue weighted by molar-refractivity contribution is -0.177. The summed E-state index contributed by atoms with van der Waals surface area (Å²) in [5, 5.41) is 24.7. The van der Waals surface area contributed by atoms with Crippen LogP contribution in [-0.2, 0) is 4.79 Å². The summed E-state index contributed by atoms with van der Waals surface area (Å²) in [4.78, 5) is 31.9. The maximum Gasteiger partial charge on any atom is 0.219 e. The van der Waals surface area contributed by atoms with Crippen molar-refractivity contribution in [1.29, 1.82) is 0 Å². The van der Waals surface area contributed by atoms with E-state index in [1.807, 2.05) is 17.0 Å². The van der Waals surface area contributed by atoms with Crippen molar-refractivity contribution >= 4 is 33.1 Å². The number of amides is 1. The fourth-order valence-corrected chi connectivity index (χ4v) is 12.4. The van der Waals surface area contributed by atoms with Crippen molar-refractivity contribution in [2.45, 2.75) is 77.4 Å². The highest BCUT2D eigenvalue weighted by atomic mass is 32.1. The molecule has 44 heavy (non-hydrogen) atoms. The normalized spacial score (nSPS) is 43.0. The molecular formula is C37H46N2O4S. The van der Waals surface area contributed by atoms with E-state index in [1.165, 1.54) is 0 Å². The highest BCUT2D eigenvalue weighted by Gasteiger charge is 2.74. The van der Waals surface area contributed by atoms with Gasteiger partial charge in [-0.2, -0.15) is 0 Å². The van der Waals surface area contributed by atoms with Gasteiger partial charge in [-0.05, 0) is 79.7 Å². The average Bonchev–Trinajstić information content (AvgIpc) is 3.55. The van der Waals surface area contributed by atoms with E-state index in [-0.39, 0.29) is 40.0 Å². The van der Waals surface area contributed by atoms with E-state index in [4.69, 9.17) is 0 Å². The third kappa shape index (κ3) is 3.70. The number of carbonyl (C=O) groups is 2. The zero-order chi connectivity index (χ0) is 30.7. The second-order valence-corrected chi connectivity index (χ2v) is 16.7. The van der Waals surface area contributed by atoms with Crippen molar-refractivity contribution in [2.24, 2.45) is 33.5 Å². The Morgan fingerprint density at radius 3 is 2.41 bits per heavy atom. The minimum Gasteiger partial charge on any atom is -0.393 e. The van der Waals surface area contributed by atoms with Gasteiger partial charge in [0.25, 0.3) is 0 Å². The Bertz CT molecular complexity index is 1570. The molecule has 1 aromatic carbocycles. The number of Topliss-reactive ketones (excluding diaryl/α,β-unsaturated/α-hetero) is 1. The number of ketones is 1. The van der Waals surface area contributed by atoms with Crippen LogP contribution in [0.4, 0.5) is 0 Å². The van der Waals surface area contributed by atoms with Crippen LogP contribution >= 0.6 is 11.3 Å². The van der Waals surface area contributed by atoms with Gasteiger partial charge in [-0.15, -0.1) is 11.3 Å². The van der Waals surface area contributed by atoms with Crippen molar-refractivity contribution in [2.75, 3.05) is 32.7 Å². The number of fused-ring (bicyclic) bond motifs is 2. The fraction of sp³-hybridized carbons (Fsp3) is 0.622. The molecule has 6 nitrogen and oxygen atoms in total. The molecule has 6 aliphatic carbocycles. The fourth-order valence-electron chi connectivity index (χ4n) is 11.4. The molecule has 0 radical (unpaired) electrons. The van der Waals surface area contributed by atoms with Gasteiger partial charge in [-0.3, -0.25) is 14.5 Å². The molecule has 1 aromatic heterocycles. The van der Waals surface area contributed by atoms with Gasteiger partial charge in [0.2, 0.25) is 5.91 Å². The van der Waals surface area contributed by atoms with Crippen molar-refractivity contribution in [3.8, 4) is 0 Å². The summed E-state index contributed by atoms with van der Waals surface area (Å²) in [5.41, 5.74) is -1.05. The number of nitrogens with zero attached hydrogens (tertiary/aromatic N) is 2. The predicted molar refractivity (Wildman–Crippen MR) is 173 cm³/mol. The van der Waals surface area contributed by atoms with Crippen molar-refractivity contribution < 1.29 is 19.8 Å². The van der Waals surface area contributed by atoms with Crippen LogP contribution in [0, 0.1) is 33.5 Å². The van der Waals surface area contributed by atoms with Crippen LogP contribution in [-0.4, -0.2) is 76.1 Å². The van der Waals surface area contributed by atoms with Gasteiger partial charge in [-0.1, -0.05) is 50.3 Å². The molecule has 9 rings (SSSR count). The topological polar surface area (TPSA) is 81.1 Å². The number of aliphatic hydroxyl groups is 2. The molecule has 7 aliphatic rings. The molecule has 2 bridgehead atoms. The molecular weight excluding hydrogens is 568 g/mol. The number of benzene rings is 1. The smallest absolute Gasteiger partial charge is 0.219 e. The van der Waals surface area contributed by atoms with Gasteiger partial charge >= 0.3 is 0 Å². The Balaban J connectivity index is 1.21. The molecule has 2 spiro atoms. The molecule has 1 amide bonds. The molecule has 234 valence electrons. The molecule has 3 saturated carbocycles. The molecule has 8 atom stereocenters. The number of β-amino-alcohol motifs (C(OH)–C–C–N with tert-alkyl or cyclic N) is 1. The number of hydrogen-bond donors (Lipinski definition) is 2. The van der Waals surface area contributed by atoms with Gasteiger partial charge in [-0.25, -0.2) is 0 Å². The van der Waals surface area contributed by atoms with Gasteiger partial charge < -0.3 is 15.1 Å². The lowest BCUT2D eigenvalue weighted by atomic mass is 9.32. The summed E-state index contributed by atoms with van der Waals surface area (Å²) in [6, 6.07) is 10.3. The minimum atomic E-state index is -0.856. The van der Waals surface area contributed by atoms with Crippen LogP contribution in [0.3, 0.4) is 0 Å². The van der Waals surface area contributed by atoms with Crippen LogP contribution in [0.1, 0.15) is 75.4 Å². The van der Waals surface area contributed by atoms with E-state index < -0.39 is 11.0 Å². The van der Waals surface area contributed by atoms with Gasteiger partial charge in [0.05, 0.1) is 16.6 Å². The van der Waals surface area contributed by atoms with E-state index in [0.29, 0.717) is 32.0 Å². The highest BCUT2D eigenvalue weighted by molar-refractivity contribution is 7.21. The van der Waals surface area contributed by atoms with Gasteiger partial charge in [0.15, 0.2) is 5.78 Å². The summed E-state index contributed by atoms with van der Waals surface area (Å²) < 4.78 is 1.13. The van der Waals surface area contributed by atoms with E-state index in [0.717, 1.165) is 72.2 Å². The van der Waals surface area contributed by atoms with E-state index in [1.54, 1.807) is 18.3 Å². The van der Waals surface area contributed by atoms with Crippen LogP contribution in [0.5, 0.6) is 0 Å². The van der Waals surface area contributed by atoms with E-state index in [2.05, 4.69) is 55.2 Å². The van der Waals surface area contributed by atoms with Crippen LogP contribution in [0.25, 0.3) is 10.1 Å². The maximum atomic E-state index is 14.9.